The van der Waals surface area contributed by atoms with Gasteiger partial charge in [-0.3, -0.25) is 0 Å². The number of hydrogen-bond acceptors (Lipinski definition) is 3. The molecule has 1 aromatic heterocycles. The molecular weight excluding hydrogens is 238 g/mol. The van der Waals surface area contributed by atoms with Crippen molar-refractivity contribution >= 4 is 0 Å². The first-order valence-corrected chi connectivity index (χ1v) is 6.30. The Kier molecular flexibility index (Phi) is 3.19. The minimum absolute atomic E-state index is 0.217. The van der Waals surface area contributed by atoms with Crippen LogP contribution in [0.2, 0.25) is 0 Å². The Morgan fingerprint density at radius 2 is 2.05 bits per heavy atom. The second-order valence-corrected chi connectivity index (χ2v) is 4.58. The van der Waals surface area contributed by atoms with Gasteiger partial charge in [0.2, 0.25) is 5.88 Å². The van der Waals surface area contributed by atoms with Gasteiger partial charge in [-0.05, 0) is 31.2 Å². The van der Waals surface area contributed by atoms with E-state index in [4.69, 9.17) is 9.47 Å². The molecule has 1 atom stereocenters. The summed E-state index contributed by atoms with van der Waals surface area (Å²) < 4.78 is 11.1. The molecule has 0 spiro atoms. The fourth-order valence-corrected chi connectivity index (χ4v) is 2.05. The van der Waals surface area contributed by atoms with Crippen LogP contribution in [0.25, 0.3) is 0 Å². The van der Waals surface area contributed by atoms with E-state index < -0.39 is 0 Å². The van der Waals surface area contributed by atoms with Gasteiger partial charge in [0.15, 0.2) is 0 Å². The van der Waals surface area contributed by atoms with Crippen LogP contribution < -0.4 is 4.74 Å². The van der Waals surface area contributed by atoms with Crippen LogP contribution >= 0.6 is 0 Å². The monoisotopic (exact) mass is 253 g/mol. The maximum atomic E-state index is 5.88. The number of aryl methyl sites for hydroxylation is 1. The van der Waals surface area contributed by atoms with Crippen LogP contribution in [0.4, 0.5) is 0 Å². The van der Waals surface area contributed by atoms with Crippen molar-refractivity contribution in [2.45, 2.75) is 12.8 Å². The Morgan fingerprint density at radius 3 is 2.79 bits per heavy atom. The molecule has 3 heteroatoms. The molecule has 0 N–H and O–H groups in total. The average Bonchev–Trinajstić information content (AvgIpc) is 2.96. The van der Waals surface area contributed by atoms with Crippen molar-refractivity contribution in [1.29, 1.82) is 0 Å². The van der Waals surface area contributed by atoms with Crippen molar-refractivity contribution in [3.63, 3.8) is 0 Å². The highest BCUT2D eigenvalue weighted by atomic mass is 16.5. The zero-order chi connectivity index (χ0) is 13.1. The lowest BCUT2D eigenvalue weighted by Gasteiger charge is -2.12. The fourth-order valence-electron chi connectivity index (χ4n) is 2.05. The van der Waals surface area contributed by atoms with Gasteiger partial charge < -0.3 is 9.47 Å². The number of hydrogen-bond donors (Lipinski definition) is 0. The Morgan fingerprint density at radius 1 is 1.21 bits per heavy atom. The van der Waals surface area contributed by atoms with Gasteiger partial charge in [0.1, 0.15) is 5.75 Å². The molecule has 1 aliphatic heterocycles. The predicted octanol–water partition coefficient (Wildman–Crippen LogP) is 3.81. The molecule has 19 heavy (non-hydrogen) atoms. The molecule has 0 bridgehead atoms. The number of aromatic nitrogens is 1. The van der Waals surface area contributed by atoms with E-state index in [1.165, 1.54) is 5.56 Å². The molecule has 1 aliphatic rings. The summed E-state index contributed by atoms with van der Waals surface area (Å²) in [7, 11) is 0. The van der Waals surface area contributed by atoms with Crippen LogP contribution in [0.1, 0.15) is 17.0 Å². The summed E-state index contributed by atoms with van der Waals surface area (Å²) in [4.78, 5) is 4.33. The maximum Gasteiger partial charge on any atom is 0.223 e. The molecule has 1 unspecified atom stereocenters. The summed E-state index contributed by atoms with van der Waals surface area (Å²) in [5, 5.41) is 0. The smallest absolute Gasteiger partial charge is 0.223 e. The maximum absolute atomic E-state index is 5.88. The molecule has 0 fully saturated rings. The third-order valence-electron chi connectivity index (χ3n) is 3.12. The van der Waals surface area contributed by atoms with Crippen molar-refractivity contribution in [3.05, 3.63) is 66.1 Å². The molecule has 3 nitrogen and oxygen atoms in total. The molecule has 3 rings (SSSR count). The van der Waals surface area contributed by atoms with Crippen molar-refractivity contribution in [3.8, 4) is 11.6 Å². The first-order valence-electron chi connectivity index (χ1n) is 6.30. The van der Waals surface area contributed by atoms with E-state index in [1.807, 2.05) is 42.5 Å². The predicted molar refractivity (Wildman–Crippen MR) is 73.3 cm³/mol. The van der Waals surface area contributed by atoms with E-state index in [-0.39, 0.29) is 5.92 Å². The van der Waals surface area contributed by atoms with Crippen LogP contribution in [0.5, 0.6) is 11.6 Å². The minimum atomic E-state index is 0.217. The van der Waals surface area contributed by atoms with Crippen molar-refractivity contribution in [2.75, 3.05) is 6.61 Å². The summed E-state index contributed by atoms with van der Waals surface area (Å²) in [6.45, 7) is 2.70. The zero-order valence-electron chi connectivity index (χ0n) is 10.7. The van der Waals surface area contributed by atoms with Crippen LogP contribution in [0.3, 0.4) is 0 Å². The normalized spacial score (nSPS) is 17.2. The summed E-state index contributed by atoms with van der Waals surface area (Å²) in [5.74, 6) is 1.66. The van der Waals surface area contributed by atoms with E-state index in [2.05, 4.69) is 11.9 Å². The van der Waals surface area contributed by atoms with Gasteiger partial charge in [0.05, 0.1) is 12.9 Å². The molecule has 1 aromatic carbocycles. The standard InChI is InChI=1S/C16H15NO2/c1-12-4-6-14(7-5-12)19-16-15(3-2-9-17-16)13-8-10-18-11-13/h2-10,13H,11H2,1H3. The Balaban J connectivity index is 1.88. The van der Waals surface area contributed by atoms with Gasteiger partial charge in [0.25, 0.3) is 0 Å². The highest BCUT2D eigenvalue weighted by Crippen LogP contribution is 2.31. The van der Waals surface area contributed by atoms with Gasteiger partial charge in [0, 0.05) is 17.7 Å². The van der Waals surface area contributed by atoms with E-state index in [9.17, 15) is 0 Å². The van der Waals surface area contributed by atoms with Gasteiger partial charge in [-0.25, -0.2) is 4.98 Å². The zero-order valence-corrected chi connectivity index (χ0v) is 10.7. The third kappa shape index (κ3) is 2.60. The number of pyridine rings is 1. The third-order valence-corrected chi connectivity index (χ3v) is 3.12. The van der Waals surface area contributed by atoms with E-state index in [0.29, 0.717) is 12.5 Å². The first kappa shape index (κ1) is 11.8. The molecule has 0 saturated carbocycles. The quantitative estimate of drug-likeness (QED) is 0.833. The summed E-state index contributed by atoms with van der Waals surface area (Å²) in [6, 6.07) is 11.9. The van der Waals surface area contributed by atoms with Crippen LogP contribution in [-0.4, -0.2) is 11.6 Å². The molecule has 2 heterocycles. The fraction of sp³-hybridized carbons (Fsp3) is 0.188. The van der Waals surface area contributed by atoms with Crippen molar-refractivity contribution in [2.24, 2.45) is 0 Å². The molecule has 96 valence electrons. The van der Waals surface area contributed by atoms with Crippen molar-refractivity contribution in [1.82, 2.24) is 4.98 Å². The molecule has 2 aromatic rings. The van der Waals surface area contributed by atoms with E-state index in [0.717, 1.165) is 11.3 Å². The first-order chi connectivity index (χ1) is 9.33. The number of rotatable bonds is 3. The highest BCUT2D eigenvalue weighted by molar-refractivity contribution is 5.37. The summed E-state index contributed by atoms with van der Waals surface area (Å²) in [6.07, 6.45) is 5.50. The second-order valence-electron chi connectivity index (χ2n) is 4.58. The lowest BCUT2D eigenvalue weighted by molar-refractivity contribution is 0.268. The van der Waals surface area contributed by atoms with Gasteiger partial charge in [-0.1, -0.05) is 23.8 Å². The SMILES string of the molecule is Cc1ccc(Oc2ncccc2C2C=COC2)cc1. The number of nitrogens with zero attached hydrogens (tertiary/aromatic N) is 1. The van der Waals surface area contributed by atoms with E-state index in [1.54, 1.807) is 12.5 Å². The molecular formula is C16H15NO2. The lowest BCUT2D eigenvalue weighted by Crippen LogP contribution is -2.01. The largest absolute Gasteiger partial charge is 0.501 e. The summed E-state index contributed by atoms with van der Waals surface area (Å²) >= 11 is 0. The van der Waals surface area contributed by atoms with E-state index >= 15 is 0 Å². The lowest BCUT2D eigenvalue weighted by atomic mass is 10.0. The Labute approximate surface area is 112 Å². The number of ether oxygens (including phenoxy) is 2. The molecule has 0 radical (unpaired) electrons. The second kappa shape index (κ2) is 5.14. The summed E-state index contributed by atoms with van der Waals surface area (Å²) in [5.41, 5.74) is 2.26. The van der Waals surface area contributed by atoms with Gasteiger partial charge in [-0.15, -0.1) is 0 Å². The molecule has 0 amide bonds. The average molecular weight is 253 g/mol. The van der Waals surface area contributed by atoms with Crippen LogP contribution in [-0.2, 0) is 4.74 Å². The Hall–Kier alpha value is -2.29. The minimum Gasteiger partial charge on any atom is -0.501 e. The number of benzene rings is 1. The van der Waals surface area contributed by atoms with Crippen molar-refractivity contribution < 1.29 is 9.47 Å². The highest BCUT2D eigenvalue weighted by Gasteiger charge is 2.18. The molecule has 0 aliphatic carbocycles. The Bertz CT molecular complexity index is 590. The van der Waals surface area contributed by atoms with Crippen LogP contribution in [0, 0.1) is 6.92 Å². The van der Waals surface area contributed by atoms with Crippen LogP contribution in [0.15, 0.2) is 54.9 Å². The molecule has 0 saturated heterocycles. The van der Waals surface area contributed by atoms with Gasteiger partial charge >= 0.3 is 0 Å². The topological polar surface area (TPSA) is 31.4 Å². The van der Waals surface area contributed by atoms with Gasteiger partial charge in [-0.2, -0.15) is 0 Å².